The molecule has 0 aliphatic carbocycles. The van der Waals surface area contributed by atoms with E-state index in [4.69, 9.17) is 0 Å². The average Bonchev–Trinajstić information content (AvgIpc) is 3.56. The Balaban J connectivity index is 1.27. The van der Waals surface area contributed by atoms with E-state index >= 15 is 0 Å². The van der Waals surface area contributed by atoms with Crippen LogP contribution >= 0.6 is 94.1 Å². The third-order valence-electron chi connectivity index (χ3n) is 5.44. The van der Waals surface area contributed by atoms with Crippen LogP contribution in [0.5, 0.6) is 0 Å². The van der Waals surface area contributed by atoms with Crippen LogP contribution in [0.4, 0.5) is 0 Å². The largest absolute Gasteiger partial charge is 0.282 e. The van der Waals surface area contributed by atoms with Crippen molar-refractivity contribution < 1.29 is 9.59 Å². The van der Waals surface area contributed by atoms with Crippen molar-refractivity contribution in [2.45, 2.75) is 32.5 Å². The van der Waals surface area contributed by atoms with Crippen molar-refractivity contribution in [2.24, 2.45) is 0 Å². The lowest BCUT2D eigenvalue weighted by atomic mass is 10.0. The van der Waals surface area contributed by atoms with Crippen LogP contribution in [0.15, 0.2) is 49.6 Å². The van der Waals surface area contributed by atoms with Gasteiger partial charge in [0.2, 0.25) is 10.2 Å². The van der Waals surface area contributed by atoms with Gasteiger partial charge in [-0.1, -0.05) is 60.9 Å². The molecule has 0 aromatic heterocycles. The van der Waals surface area contributed by atoms with Crippen LogP contribution in [0, 0.1) is 0 Å². The molecule has 0 spiro atoms. The van der Waals surface area contributed by atoms with Crippen LogP contribution in [-0.4, -0.2) is 75.9 Å². The molecule has 36 heavy (non-hydrogen) atoms. The number of rotatable bonds is 16. The van der Waals surface area contributed by atoms with E-state index in [1.54, 1.807) is 0 Å². The summed E-state index contributed by atoms with van der Waals surface area (Å²) >= 11 is 15.1. The van der Waals surface area contributed by atoms with Gasteiger partial charge in [0, 0.05) is 45.0 Å². The van der Waals surface area contributed by atoms with E-state index in [9.17, 15) is 9.59 Å². The number of hydrogen-bond donors (Lipinski definition) is 0. The summed E-state index contributed by atoms with van der Waals surface area (Å²) < 4.78 is 1.30. The third kappa shape index (κ3) is 11.9. The first-order valence-corrected chi connectivity index (χ1v) is 20.2. The molecule has 3 rings (SSSR count). The van der Waals surface area contributed by atoms with E-state index in [0.717, 1.165) is 35.9 Å². The predicted octanol–water partition coefficient (Wildman–Crippen LogP) is 7.48. The molecule has 2 saturated heterocycles. The highest BCUT2D eigenvalue weighted by atomic mass is 32.2. The summed E-state index contributed by atoms with van der Waals surface area (Å²) in [6.45, 7) is 7.11. The maximum Gasteiger partial charge on any atom is 0.211 e. The number of carbonyl (C=O) groups excluding carboxylic acids is 2. The normalized spacial score (nSPS) is 23.6. The molecule has 198 valence electrons. The van der Waals surface area contributed by atoms with Crippen LogP contribution in [0.25, 0.3) is 0 Å². The number of benzene rings is 1. The van der Waals surface area contributed by atoms with Crippen LogP contribution in [0.3, 0.4) is 0 Å². The molecule has 2 nitrogen and oxygen atoms in total. The van der Waals surface area contributed by atoms with E-state index in [-0.39, 0.29) is 10.2 Å². The summed E-state index contributed by atoms with van der Waals surface area (Å²) in [5.41, 5.74) is 3.01. The number of hydrogen-bond acceptors (Lipinski definition) is 10. The second-order valence-electron chi connectivity index (χ2n) is 8.13. The zero-order chi connectivity index (χ0) is 25.6. The lowest BCUT2D eigenvalue weighted by molar-refractivity contribution is -0.107. The summed E-state index contributed by atoms with van der Waals surface area (Å²) in [5, 5.41) is 1.35. The first-order chi connectivity index (χ1) is 17.6. The molecule has 1 aromatic rings. The number of aryl methyl sites for hydroxylation is 2. The van der Waals surface area contributed by atoms with Gasteiger partial charge in [-0.25, -0.2) is 0 Å². The zero-order valence-corrected chi connectivity index (χ0v) is 26.9. The summed E-state index contributed by atoms with van der Waals surface area (Å²) in [6, 6.07) is 8.96. The molecular formula is C26H34O2S8. The molecule has 0 N–H and O–H groups in total. The quantitative estimate of drug-likeness (QED) is 0.135. The van der Waals surface area contributed by atoms with Gasteiger partial charge in [-0.15, -0.1) is 47.0 Å². The molecule has 2 fully saturated rings. The third-order valence-corrected chi connectivity index (χ3v) is 17.4. The van der Waals surface area contributed by atoms with Gasteiger partial charge in [-0.3, -0.25) is 9.59 Å². The SMILES string of the molecule is C=CC(=O)SCC1CSC(CSCCc2ccccc2CCSCC2SCC(CSC(=O)C=C)S2)S1. The molecule has 10 heteroatoms. The topological polar surface area (TPSA) is 34.1 Å². The Morgan fingerprint density at radius 1 is 0.778 bits per heavy atom. The molecule has 0 saturated carbocycles. The van der Waals surface area contributed by atoms with Gasteiger partial charge >= 0.3 is 0 Å². The first-order valence-electron chi connectivity index (χ1n) is 11.9. The van der Waals surface area contributed by atoms with E-state index < -0.39 is 0 Å². The van der Waals surface area contributed by atoms with Crippen molar-refractivity contribution in [2.75, 3.05) is 46.0 Å². The molecule has 2 heterocycles. The Labute approximate surface area is 251 Å². The standard InChI is InChI=1S/C26H34O2S8/c1-3-23(27)31-13-21-15-33-25(35-21)17-29-11-9-19-7-5-6-8-20(19)10-12-30-18-26-34-16-22(36-26)14-32-24(28)4-2/h3-8,21-22,25-26H,1-2,9-18H2. The van der Waals surface area contributed by atoms with Crippen molar-refractivity contribution in [3.8, 4) is 0 Å². The van der Waals surface area contributed by atoms with Crippen molar-refractivity contribution in [3.63, 3.8) is 0 Å². The molecule has 0 radical (unpaired) electrons. The Morgan fingerprint density at radius 3 is 1.64 bits per heavy atom. The lowest BCUT2D eigenvalue weighted by Crippen LogP contribution is -2.07. The highest BCUT2D eigenvalue weighted by Crippen LogP contribution is 2.42. The Morgan fingerprint density at radius 2 is 1.22 bits per heavy atom. The van der Waals surface area contributed by atoms with Crippen LogP contribution in [0.2, 0.25) is 0 Å². The van der Waals surface area contributed by atoms with Gasteiger partial charge < -0.3 is 0 Å². The predicted molar refractivity (Wildman–Crippen MR) is 179 cm³/mol. The van der Waals surface area contributed by atoms with E-state index in [1.165, 1.54) is 69.8 Å². The lowest BCUT2D eigenvalue weighted by Gasteiger charge is -2.12. The highest BCUT2D eigenvalue weighted by Gasteiger charge is 2.27. The second kappa shape index (κ2) is 18.2. The van der Waals surface area contributed by atoms with Crippen molar-refractivity contribution in [1.82, 2.24) is 0 Å². The Bertz CT molecular complexity index is 795. The fourth-order valence-electron chi connectivity index (χ4n) is 3.60. The Kier molecular flexibility index (Phi) is 15.9. The molecule has 2 aliphatic heterocycles. The highest BCUT2D eigenvalue weighted by molar-refractivity contribution is 8.23. The maximum absolute atomic E-state index is 11.4. The van der Waals surface area contributed by atoms with E-state index in [0.29, 0.717) is 19.7 Å². The van der Waals surface area contributed by atoms with Gasteiger partial charge in [0.05, 0.1) is 9.16 Å². The van der Waals surface area contributed by atoms with Gasteiger partial charge in [-0.05, 0) is 47.6 Å². The molecular weight excluding hydrogens is 601 g/mol. The van der Waals surface area contributed by atoms with Crippen molar-refractivity contribution in [3.05, 3.63) is 60.7 Å². The molecule has 4 unspecified atom stereocenters. The molecule has 1 aromatic carbocycles. The number of thioether (sulfide) groups is 8. The summed E-state index contributed by atoms with van der Waals surface area (Å²) in [5.74, 6) is 8.82. The zero-order valence-electron chi connectivity index (χ0n) is 20.3. The van der Waals surface area contributed by atoms with E-state index in [1.807, 2.05) is 23.5 Å². The Hall–Kier alpha value is 0.840. The fourth-order valence-corrected chi connectivity index (χ4v) is 15.2. The second-order valence-corrected chi connectivity index (χ2v) is 18.6. The van der Waals surface area contributed by atoms with Gasteiger partial charge in [0.25, 0.3) is 0 Å². The van der Waals surface area contributed by atoms with E-state index in [2.05, 4.69) is 84.5 Å². The smallest absolute Gasteiger partial charge is 0.211 e. The minimum Gasteiger partial charge on any atom is -0.282 e. The van der Waals surface area contributed by atoms with Crippen LogP contribution in [-0.2, 0) is 22.4 Å². The number of carbonyl (C=O) groups is 2. The monoisotopic (exact) mass is 634 g/mol. The minimum atomic E-state index is 0.0910. The molecule has 4 atom stereocenters. The van der Waals surface area contributed by atoms with Gasteiger partial charge in [-0.2, -0.15) is 23.5 Å². The average molecular weight is 635 g/mol. The van der Waals surface area contributed by atoms with Gasteiger partial charge in [0.15, 0.2) is 0 Å². The summed E-state index contributed by atoms with van der Waals surface area (Å²) in [6.07, 6.45) is 5.11. The molecule has 2 aliphatic rings. The minimum absolute atomic E-state index is 0.0910. The van der Waals surface area contributed by atoms with Crippen LogP contribution in [0.1, 0.15) is 11.1 Å². The maximum atomic E-state index is 11.4. The molecule has 0 amide bonds. The summed E-state index contributed by atoms with van der Waals surface area (Å²) in [4.78, 5) is 22.9. The molecule has 0 bridgehead atoms. The van der Waals surface area contributed by atoms with Crippen LogP contribution < -0.4 is 0 Å². The fraction of sp³-hybridized carbons (Fsp3) is 0.538. The summed E-state index contributed by atoms with van der Waals surface area (Å²) in [7, 11) is 0. The van der Waals surface area contributed by atoms with Crippen molar-refractivity contribution >= 4 is 104 Å². The van der Waals surface area contributed by atoms with Gasteiger partial charge in [0.1, 0.15) is 0 Å². The van der Waals surface area contributed by atoms with Crippen molar-refractivity contribution in [1.29, 1.82) is 0 Å². The first kappa shape index (κ1) is 31.4.